The van der Waals surface area contributed by atoms with Gasteiger partial charge >= 0.3 is 17.1 Å². The molecule has 2 fully saturated rings. The Morgan fingerprint density at radius 3 is 1.28 bits per heavy atom. The summed E-state index contributed by atoms with van der Waals surface area (Å²) in [6.45, 7) is 9.53. The topological polar surface area (TPSA) is 0 Å². The summed E-state index contributed by atoms with van der Waals surface area (Å²) in [5, 5.41) is 0. The van der Waals surface area contributed by atoms with Crippen molar-refractivity contribution in [2.75, 3.05) is 0 Å². The molecule has 0 nitrogen and oxygen atoms in total. The Hall–Kier alpha value is 0.519. The van der Waals surface area contributed by atoms with Crippen LogP contribution in [-0.2, 0) is 17.1 Å². The van der Waals surface area contributed by atoms with E-state index in [1.54, 1.807) is 0 Å². The van der Waals surface area contributed by atoms with Crippen molar-refractivity contribution in [3.63, 3.8) is 0 Å². The van der Waals surface area contributed by atoms with Gasteiger partial charge < -0.3 is 14.9 Å². The van der Waals surface area contributed by atoms with Crippen LogP contribution in [0.5, 0.6) is 0 Å². The zero-order valence-electron chi connectivity index (χ0n) is 13.7. The molecular formula is C17H36Fe. The second kappa shape index (κ2) is 11.4. The molecule has 2 rings (SSSR count). The molecular weight excluding hydrogens is 260 g/mol. The SMILES string of the molecule is C1CCCC1.CC1CCCC1C(C)(C)C.[CH3-].[CH3-].[Fe+2]. The Labute approximate surface area is 128 Å². The van der Waals surface area contributed by atoms with Gasteiger partial charge in [-0.15, -0.1) is 0 Å². The van der Waals surface area contributed by atoms with E-state index >= 15 is 0 Å². The summed E-state index contributed by atoms with van der Waals surface area (Å²) in [4.78, 5) is 0. The van der Waals surface area contributed by atoms with Crippen LogP contribution in [0.4, 0.5) is 0 Å². The van der Waals surface area contributed by atoms with E-state index in [2.05, 4.69) is 27.7 Å². The first-order chi connectivity index (χ1) is 7.02. The molecule has 0 bridgehead atoms. The second-order valence-electron chi connectivity index (χ2n) is 6.65. The van der Waals surface area contributed by atoms with Crippen LogP contribution in [0.1, 0.15) is 79.1 Å². The van der Waals surface area contributed by atoms with Crippen molar-refractivity contribution in [1.82, 2.24) is 0 Å². The van der Waals surface area contributed by atoms with E-state index in [1.165, 1.54) is 51.4 Å². The Balaban J connectivity index is -0.000000245. The summed E-state index contributed by atoms with van der Waals surface area (Å²) in [5.41, 5.74) is 0.552. The Bertz CT molecular complexity index is 157. The summed E-state index contributed by atoms with van der Waals surface area (Å²) >= 11 is 0. The summed E-state index contributed by atoms with van der Waals surface area (Å²) in [6, 6.07) is 0. The maximum Gasteiger partial charge on any atom is 2.00 e. The first-order valence-electron chi connectivity index (χ1n) is 7.02. The molecule has 18 heavy (non-hydrogen) atoms. The van der Waals surface area contributed by atoms with Crippen LogP contribution >= 0.6 is 0 Å². The molecule has 2 atom stereocenters. The fourth-order valence-corrected chi connectivity index (χ4v) is 3.32. The van der Waals surface area contributed by atoms with Crippen LogP contribution in [0.15, 0.2) is 0 Å². The zero-order chi connectivity index (χ0) is 11.3. The standard InChI is InChI=1S/C10H20.C5H10.2CH3.Fe/c1-8-6-5-7-9(8)10(2,3)4;1-2-4-5-3-1;;;/h8-9H,5-7H2,1-4H3;1-5H2;2*1H3;/q;;2*-1;+2. The monoisotopic (exact) mass is 296 g/mol. The van der Waals surface area contributed by atoms with Crippen molar-refractivity contribution in [1.29, 1.82) is 0 Å². The van der Waals surface area contributed by atoms with Crippen molar-refractivity contribution in [3.8, 4) is 0 Å². The van der Waals surface area contributed by atoms with Crippen LogP contribution in [0, 0.1) is 32.1 Å². The molecule has 2 saturated carbocycles. The van der Waals surface area contributed by atoms with Gasteiger partial charge in [0.25, 0.3) is 0 Å². The van der Waals surface area contributed by atoms with E-state index in [1.807, 2.05) is 0 Å². The van der Waals surface area contributed by atoms with Crippen molar-refractivity contribution in [2.45, 2.75) is 79.1 Å². The maximum atomic E-state index is 2.41. The second-order valence-corrected chi connectivity index (χ2v) is 6.65. The summed E-state index contributed by atoms with van der Waals surface area (Å²) < 4.78 is 0. The van der Waals surface area contributed by atoms with Gasteiger partial charge in [0.15, 0.2) is 0 Å². The Morgan fingerprint density at radius 2 is 1.11 bits per heavy atom. The summed E-state index contributed by atoms with van der Waals surface area (Å²) in [7, 11) is 0. The predicted octanol–water partition coefficient (Wildman–Crippen LogP) is 6.32. The van der Waals surface area contributed by atoms with Gasteiger partial charge in [-0.3, -0.25) is 0 Å². The van der Waals surface area contributed by atoms with Crippen LogP contribution in [-0.4, -0.2) is 0 Å². The van der Waals surface area contributed by atoms with Gasteiger partial charge in [-0.2, -0.15) is 0 Å². The van der Waals surface area contributed by atoms with Crippen LogP contribution < -0.4 is 0 Å². The molecule has 0 aliphatic heterocycles. The molecule has 0 aromatic carbocycles. The summed E-state index contributed by atoms with van der Waals surface area (Å²) in [5.74, 6) is 1.95. The first kappa shape index (κ1) is 23.6. The number of hydrogen-bond donors (Lipinski definition) is 0. The molecule has 0 aromatic rings. The Kier molecular flexibility index (Phi) is 14.9. The minimum atomic E-state index is 0. The van der Waals surface area contributed by atoms with Crippen LogP contribution in [0.25, 0.3) is 0 Å². The van der Waals surface area contributed by atoms with E-state index < -0.39 is 0 Å². The van der Waals surface area contributed by atoms with E-state index in [0.29, 0.717) is 5.41 Å². The molecule has 0 aromatic heterocycles. The molecule has 0 N–H and O–H groups in total. The molecule has 2 unspecified atom stereocenters. The first-order valence-corrected chi connectivity index (χ1v) is 7.02. The van der Waals surface area contributed by atoms with Crippen molar-refractivity contribution < 1.29 is 17.1 Å². The fourth-order valence-electron chi connectivity index (χ4n) is 3.32. The fraction of sp³-hybridized carbons (Fsp3) is 0.882. The molecule has 2 aliphatic rings. The van der Waals surface area contributed by atoms with Crippen molar-refractivity contribution >= 4 is 0 Å². The molecule has 1 heteroatoms. The van der Waals surface area contributed by atoms with Crippen LogP contribution in [0.2, 0.25) is 0 Å². The minimum absolute atomic E-state index is 0. The number of hydrogen-bond acceptors (Lipinski definition) is 0. The smallest absolute Gasteiger partial charge is 0.358 e. The van der Waals surface area contributed by atoms with Gasteiger partial charge in [0.2, 0.25) is 0 Å². The van der Waals surface area contributed by atoms with Gasteiger partial charge in [-0.25, -0.2) is 0 Å². The van der Waals surface area contributed by atoms with Crippen LogP contribution in [0.3, 0.4) is 0 Å². The van der Waals surface area contributed by atoms with Crippen molar-refractivity contribution in [3.05, 3.63) is 14.9 Å². The number of rotatable bonds is 0. The Morgan fingerprint density at radius 1 is 0.722 bits per heavy atom. The molecule has 0 heterocycles. The third kappa shape index (κ3) is 8.59. The molecule has 0 radical (unpaired) electrons. The average molecular weight is 296 g/mol. The largest absolute Gasteiger partial charge is 2.00 e. The molecule has 2 aliphatic carbocycles. The minimum Gasteiger partial charge on any atom is -0.358 e. The van der Waals surface area contributed by atoms with E-state index in [9.17, 15) is 0 Å². The van der Waals surface area contributed by atoms with Gasteiger partial charge in [0, 0.05) is 0 Å². The zero-order valence-corrected chi connectivity index (χ0v) is 14.8. The average Bonchev–Trinajstić information content (AvgIpc) is 2.72. The predicted molar refractivity (Wildman–Crippen MR) is 81.9 cm³/mol. The normalized spacial score (nSPS) is 26.0. The molecule has 112 valence electrons. The quantitative estimate of drug-likeness (QED) is 0.362. The van der Waals surface area contributed by atoms with Gasteiger partial charge in [-0.05, 0) is 23.7 Å². The van der Waals surface area contributed by atoms with E-state index in [0.717, 1.165) is 11.8 Å². The third-order valence-electron chi connectivity index (χ3n) is 4.22. The molecule has 0 amide bonds. The van der Waals surface area contributed by atoms with Gasteiger partial charge in [0.1, 0.15) is 0 Å². The van der Waals surface area contributed by atoms with E-state index in [-0.39, 0.29) is 31.9 Å². The van der Waals surface area contributed by atoms with E-state index in [4.69, 9.17) is 0 Å². The van der Waals surface area contributed by atoms with Gasteiger partial charge in [0.05, 0.1) is 0 Å². The summed E-state index contributed by atoms with van der Waals surface area (Å²) in [6.07, 6.45) is 11.9. The third-order valence-corrected chi connectivity index (χ3v) is 4.22. The van der Waals surface area contributed by atoms with Crippen molar-refractivity contribution in [2.24, 2.45) is 17.3 Å². The molecule has 0 saturated heterocycles. The molecule has 0 spiro atoms. The maximum absolute atomic E-state index is 2.41. The van der Waals surface area contributed by atoms with Gasteiger partial charge in [-0.1, -0.05) is 72.6 Å².